The lowest BCUT2D eigenvalue weighted by Gasteiger charge is -2.07. The second kappa shape index (κ2) is 6.25. The Morgan fingerprint density at radius 2 is 1.64 bits per heavy atom. The summed E-state index contributed by atoms with van der Waals surface area (Å²) in [5.41, 5.74) is 3.11. The van der Waals surface area contributed by atoms with Crippen LogP contribution in [-0.2, 0) is 10.1 Å². The molecule has 6 nitrogen and oxygen atoms in total. The van der Waals surface area contributed by atoms with E-state index in [4.69, 9.17) is 9.29 Å². The predicted octanol–water partition coefficient (Wildman–Crippen LogP) is 3.97. The summed E-state index contributed by atoms with van der Waals surface area (Å²) in [5.74, 6) is 0.723. The smallest absolute Gasteiger partial charge is 0.294 e. The summed E-state index contributed by atoms with van der Waals surface area (Å²) in [4.78, 5) is -0.181. The minimum atomic E-state index is -4.20. The normalized spacial score (nSPS) is 11.8. The molecule has 0 amide bonds. The van der Waals surface area contributed by atoms with Gasteiger partial charge in [0.05, 0.1) is 23.4 Å². The van der Waals surface area contributed by atoms with Gasteiger partial charge < -0.3 is 4.74 Å². The van der Waals surface area contributed by atoms with Gasteiger partial charge in [0.25, 0.3) is 10.1 Å². The molecule has 2 aromatic carbocycles. The summed E-state index contributed by atoms with van der Waals surface area (Å²) < 4.78 is 36.1. The zero-order valence-electron chi connectivity index (χ0n) is 12.4. The molecule has 116 valence electrons. The third-order valence-corrected chi connectivity index (χ3v) is 3.99. The fourth-order valence-electron chi connectivity index (χ4n) is 1.95. The molecule has 0 fully saturated rings. The third kappa shape index (κ3) is 3.69. The first kappa shape index (κ1) is 16.1. The van der Waals surface area contributed by atoms with Crippen molar-refractivity contribution in [2.45, 2.75) is 18.7 Å². The van der Waals surface area contributed by atoms with Crippen LogP contribution in [-0.4, -0.2) is 20.1 Å². The van der Waals surface area contributed by atoms with E-state index in [-0.39, 0.29) is 4.90 Å². The largest absolute Gasteiger partial charge is 0.496 e. The quantitative estimate of drug-likeness (QED) is 0.682. The van der Waals surface area contributed by atoms with E-state index in [0.29, 0.717) is 11.4 Å². The Labute approximate surface area is 129 Å². The maximum Gasteiger partial charge on any atom is 0.294 e. The zero-order valence-corrected chi connectivity index (χ0v) is 13.3. The van der Waals surface area contributed by atoms with Crippen LogP contribution in [0.25, 0.3) is 0 Å². The van der Waals surface area contributed by atoms with E-state index < -0.39 is 10.1 Å². The molecule has 0 aromatic heterocycles. The Kier molecular flexibility index (Phi) is 4.58. The van der Waals surface area contributed by atoms with E-state index in [1.807, 2.05) is 19.9 Å². The number of nitrogens with zero attached hydrogens (tertiary/aromatic N) is 2. The highest BCUT2D eigenvalue weighted by Gasteiger charge is 2.08. The number of benzene rings is 2. The van der Waals surface area contributed by atoms with Gasteiger partial charge in [-0.1, -0.05) is 6.07 Å². The monoisotopic (exact) mass is 320 g/mol. The molecule has 0 aliphatic carbocycles. The lowest BCUT2D eigenvalue weighted by atomic mass is 10.1. The molecule has 0 saturated carbocycles. The number of methoxy groups -OCH3 is 1. The number of azo groups is 1. The van der Waals surface area contributed by atoms with Gasteiger partial charge in [-0.2, -0.15) is 18.6 Å². The first-order chi connectivity index (χ1) is 10.3. The molecule has 0 aliphatic rings. The number of aryl methyl sites for hydroxylation is 2. The van der Waals surface area contributed by atoms with Crippen LogP contribution < -0.4 is 4.74 Å². The number of ether oxygens (including phenoxy) is 1. The van der Waals surface area contributed by atoms with Crippen molar-refractivity contribution in [2.75, 3.05) is 7.11 Å². The molecule has 0 atom stereocenters. The summed E-state index contributed by atoms with van der Waals surface area (Å²) in [7, 11) is -2.61. The molecule has 0 bridgehead atoms. The average molecular weight is 320 g/mol. The molecule has 0 spiro atoms. The van der Waals surface area contributed by atoms with Gasteiger partial charge >= 0.3 is 0 Å². The second-order valence-electron chi connectivity index (χ2n) is 4.78. The number of hydrogen-bond donors (Lipinski definition) is 1. The van der Waals surface area contributed by atoms with Crippen molar-refractivity contribution in [2.24, 2.45) is 10.2 Å². The van der Waals surface area contributed by atoms with Crippen LogP contribution >= 0.6 is 0 Å². The van der Waals surface area contributed by atoms with Crippen molar-refractivity contribution in [3.05, 3.63) is 47.5 Å². The van der Waals surface area contributed by atoms with E-state index in [0.717, 1.165) is 16.9 Å². The van der Waals surface area contributed by atoms with Crippen molar-refractivity contribution in [3.8, 4) is 5.75 Å². The number of rotatable bonds is 4. The van der Waals surface area contributed by atoms with Gasteiger partial charge in [0.1, 0.15) is 5.75 Å². The minimum Gasteiger partial charge on any atom is -0.496 e. The maximum absolute atomic E-state index is 11.0. The van der Waals surface area contributed by atoms with Gasteiger partial charge in [-0.15, -0.1) is 0 Å². The summed E-state index contributed by atoms with van der Waals surface area (Å²) in [6, 6.07) is 9.22. The van der Waals surface area contributed by atoms with Gasteiger partial charge in [-0.25, -0.2) is 0 Å². The van der Waals surface area contributed by atoms with Crippen LogP contribution in [0.5, 0.6) is 5.75 Å². The lowest BCUT2D eigenvalue weighted by Crippen LogP contribution is -1.96. The van der Waals surface area contributed by atoms with Gasteiger partial charge in [0.15, 0.2) is 0 Å². The van der Waals surface area contributed by atoms with Crippen molar-refractivity contribution in [3.63, 3.8) is 0 Å². The fourth-order valence-corrected chi connectivity index (χ4v) is 2.43. The van der Waals surface area contributed by atoms with Crippen LogP contribution in [0.2, 0.25) is 0 Å². The van der Waals surface area contributed by atoms with Crippen LogP contribution in [0.4, 0.5) is 11.4 Å². The second-order valence-corrected chi connectivity index (χ2v) is 6.20. The summed E-state index contributed by atoms with van der Waals surface area (Å²) in [6.07, 6.45) is 0. The summed E-state index contributed by atoms with van der Waals surface area (Å²) in [6.45, 7) is 3.86. The molecule has 0 unspecified atom stereocenters. The molecular weight excluding hydrogens is 304 g/mol. The third-order valence-electron chi connectivity index (χ3n) is 3.12. The SMILES string of the molecule is COc1cc(N=Nc2ccc(S(=O)(=O)O)cc2)c(C)cc1C. The van der Waals surface area contributed by atoms with E-state index in [1.165, 1.54) is 24.3 Å². The predicted molar refractivity (Wildman–Crippen MR) is 82.9 cm³/mol. The van der Waals surface area contributed by atoms with Crippen LogP contribution in [0.3, 0.4) is 0 Å². The van der Waals surface area contributed by atoms with Crippen molar-refractivity contribution in [1.82, 2.24) is 0 Å². The maximum atomic E-state index is 11.0. The van der Waals surface area contributed by atoms with Crippen LogP contribution in [0, 0.1) is 13.8 Å². The van der Waals surface area contributed by atoms with Gasteiger partial charge in [0, 0.05) is 6.07 Å². The van der Waals surface area contributed by atoms with E-state index in [9.17, 15) is 8.42 Å². The number of hydrogen-bond acceptors (Lipinski definition) is 5. The Balaban J connectivity index is 2.29. The van der Waals surface area contributed by atoms with Crippen LogP contribution in [0.15, 0.2) is 51.5 Å². The highest BCUT2D eigenvalue weighted by molar-refractivity contribution is 7.85. The van der Waals surface area contributed by atoms with Gasteiger partial charge in [-0.3, -0.25) is 4.55 Å². The Hall–Kier alpha value is -2.25. The van der Waals surface area contributed by atoms with E-state index >= 15 is 0 Å². The van der Waals surface area contributed by atoms with Gasteiger partial charge in [-0.05, 0) is 49.2 Å². The molecule has 2 rings (SSSR count). The molecule has 2 aromatic rings. The van der Waals surface area contributed by atoms with Crippen LogP contribution in [0.1, 0.15) is 11.1 Å². The summed E-state index contributed by atoms with van der Waals surface area (Å²) >= 11 is 0. The van der Waals surface area contributed by atoms with E-state index in [2.05, 4.69) is 10.2 Å². The average Bonchev–Trinajstić information content (AvgIpc) is 2.46. The first-order valence-corrected chi connectivity index (χ1v) is 7.90. The molecule has 22 heavy (non-hydrogen) atoms. The minimum absolute atomic E-state index is 0.181. The fraction of sp³-hybridized carbons (Fsp3) is 0.200. The highest BCUT2D eigenvalue weighted by Crippen LogP contribution is 2.29. The summed E-state index contributed by atoms with van der Waals surface area (Å²) in [5, 5.41) is 8.21. The molecular formula is C15H16N2O4S. The molecule has 0 aliphatic heterocycles. The zero-order chi connectivity index (χ0) is 16.3. The lowest BCUT2D eigenvalue weighted by molar-refractivity contribution is 0.411. The highest BCUT2D eigenvalue weighted by atomic mass is 32.2. The van der Waals surface area contributed by atoms with Gasteiger partial charge in [0.2, 0.25) is 0 Å². The molecule has 0 heterocycles. The molecule has 0 radical (unpaired) electrons. The topological polar surface area (TPSA) is 88.3 Å². The Bertz CT molecular complexity index is 812. The Morgan fingerprint density at radius 1 is 1.00 bits per heavy atom. The van der Waals surface area contributed by atoms with Crippen molar-refractivity contribution >= 4 is 21.5 Å². The van der Waals surface area contributed by atoms with Crippen molar-refractivity contribution < 1.29 is 17.7 Å². The molecule has 1 N–H and O–H groups in total. The standard InChI is InChI=1S/C15H16N2O4S/c1-10-8-11(2)15(21-3)9-14(10)17-16-12-4-6-13(7-5-12)22(18,19)20/h4-9H,1-3H3,(H,18,19,20). The first-order valence-electron chi connectivity index (χ1n) is 6.46. The Morgan fingerprint density at radius 3 is 2.18 bits per heavy atom. The van der Waals surface area contributed by atoms with E-state index in [1.54, 1.807) is 13.2 Å². The molecule has 0 saturated heterocycles. The molecule has 7 heteroatoms. The van der Waals surface area contributed by atoms with Crippen molar-refractivity contribution in [1.29, 1.82) is 0 Å².